The summed E-state index contributed by atoms with van der Waals surface area (Å²) in [5, 5.41) is 6.31. The molecule has 6 heteroatoms. The van der Waals surface area contributed by atoms with Crippen molar-refractivity contribution < 1.29 is 9.59 Å². The van der Waals surface area contributed by atoms with E-state index >= 15 is 0 Å². The fourth-order valence-corrected chi connectivity index (χ4v) is 3.48. The number of piperidine rings is 1. The molecule has 1 aliphatic rings. The summed E-state index contributed by atoms with van der Waals surface area (Å²) in [4.78, 5) is 27.1. The normalized spacial score (nSPS) is 14.6. The quantitative estimate of drug-likeness (QED) is 0.733. The van der Waals surface area contributed by atoms with Gasteiger partial charge in [-0.25, -0.2) is 0 Å². The second-order valence-electron chi connectivity index (χ2n) is 7.66. The Morgan fingerprint density at radius 1 is 1.26 bits per heavy atom. The summed E-state index contributed by atoms with van der Waals surface area (Å²) >= 11 is 0. The fraction of sp³-hybridized carbons (Fsp3) is 0.619. The average Bonchev–Trinajstić information content (AvgIpc) is 2.61. The number of hydrogen-bond donors (Lipinski definition) is 2. The topological polar surface area (TPSA) is 61.4 Å². The van der Waals surface area contributed by atoms with Crippen LogP contribution in [0.25, 0.3) is 0 Å². The van der Waals surface area contributed by atoms with Crippen LogP contribution >= 0.6 is 12.4 Å². The maximum Gasteiger partial charge on any atom is 0.254 e. The standard InChI is InChI=1S/C21H33N3O2.ClH/c1-5-12-24(18-8-10-22-11-9-18)21(26)17-6-7-19(16(4)14-17)23-20(25)13-15(2)3;/h6-7,14-15,18,22H,5,8-13H2,1-4H3,(H,23,25);1H. The summed E-state index contributed by atoms with van der Waals surface area (Å²) in [5.74, 6) is 0.440. The van der Waals surface area contributed by atoms with Crippen LogP contribution in [0, 0.1) is 12.8 Å². The highest BCUT2D eigenvalue weighted by atomic mass is 35.5. The van der Waals surface area contributed by atoms with Crippen LogP contribution in [0.4, 0.5) is 5.69 Å². The lowest BCUT2D eigenvalue weighted by molar-refractivity contribution is -0.116. The highest BCUT2D eigenvalue weighted by Crippen LogP contribution is 2.21. The first-order valence-corrected chi connectivity index (χ1v) is 9.84. The van der Waals surface area contributed by atoms with Gasteiger partial charge in [-0.3, -0.25) is 9.59 Å². The van der Waals surface area contributed by atoms with Crippen molar-refractivity contribution in [2.75, 3.05) is 25.0 Å². The first-order chi connectivity index (χ1) is 12.4. The number of anilines is 1. The summed E-state index contributed by atoms with van der Waals surface area (Å²) in [6, 6.07) is 5.91. The van der Waals surface area contributed by atoms with Gasteiger partial charge >= 0.3 is 0 Å². The Morgan fingerprint density at radius 3 is 2.48 bits per heavy atom. The van der Waals surface area contributed by atoms with Crippen molar-refractivity contribution in [3.63, 3.8) is 0 Å². The molecule has 2 amide bonds. The van der Waals surface area contributed by atoms with Gasteiger partial charge in [0, 0.05) is 30.3 Å². The lowest BCUT2D eigenvalue weighted by Gasteiger charge is -2.34. The van der Waals surface area contributed by atoms with Gasteiger partial charge in [-0.2, -0.15) is 0 Å². The second-order valence-corrected chi connectivity index (χ2v) is 7.66. The highest BCUT2D eigenvalue weighted by Gasteiger charge is 2.25. The molecule has 0 aliphatic carbocycles. The van der Waals surface area contributed by atoms with E-state index in [-0.39, 0.29) is 24.2 Å². The number of carbonyl (C=O) groups excluding carboxylic acids is 2. The van der Waals surface area contributed by atoms with Gasteiger partial charge in [-0.1, -0.05) is 20.8 Å². The van der Waals surface area contributed by atoms with E-state index in [1.54, 1.807) is 0 Å². The number of benzene rings is 1. The predicted octanol–water partition coefficient (Wildman–Crippen LogP) is 4.01. The largest absolute Gasteiger partial charge is 0.336 e. The number of nitrogens with one attached hydrogen (secondary N) is 2. The minimum Gasteiger partial charge on any atom is -0.336 e. The van der Waals surface area contributed by atoms with E-state index < -0.39 is 0 Å². The van der Waals surface area contributed by atoms with Gasteiger partial charge in [-0.15, -0.1) is 12.4 Å². The second kappa shape index (κ2) is 11.3. The van der Waals surface area contributed by atoms with Gasteiger partial charge < -0.3 is 15.5 Å². The van der Waals surface area contributed by atoms with E-state index in [4.69, 9.17) is 0 Å². The van der Waals surface area contributed by atoms with Crippen LogP contribution in [-0.4, -0.2) is 42.4 Å². The van der Waals surface area contributed by atoms with Crippen molar-refractivity contribution in [2.24, 2.45) is 5.92 Å². The molecule has 27 heavy (non-hydrogen) atoms. The molecule has 0 aromatic heterocycles. The zero-order valence-corrected chi connectivity index (χ0v) is 17.8. The predicted molar refractivity (Wildman–Crippen MR) is 114 cm³/mol. The maximum atomic E-state index is 13.1. The highest BCUT2D eigenvalue weighted by molar-refractivity contribution is 5.96. The molecule has 0 saturated carbocycles. The third kappa shape index (κ3) is 6.82. The van der Waals surface area contributed by atoms with Crippen LogP contribution in [0.2, 0.25) is 0 Å². The third-order valence-electron chi connectivity index (χ3n) is 4.82. The molecule has 0 spiro atoms. The molecule has 2 rings (SSSR count). The van der Waals surface area contributed by atoms with Crippen LogP contribution in [0.15, 0.2) is 18.2 Å². The maximum absolute atomic E-state index is 13.1. The summed E-state index contributed by atoms with van der Waals surface area (Å²) in [6.07, 6.45) is 3.47. The molecule has 1 aliphatic heterocycles. The van der Waals surface area contributed by atoms with Crippen molar-refractivity contribution >= 4 is 29.9 Å². The number of hydrogen-bond acceptors (Lipinski definition) is 3. The van der Waals surface area contributed by atoms with Crippen LogP contribution in [0.5, 0.6) is 0 Å². The van der Waals surface area contributed by atoms with E-state index in [2.05, 4.69) is 17.6 Å². The smallest absolute Gasteiger partial charge is 0.254 e. The van der Waals surface area contributed by atoms with Gasteiger partial charge in [0.15, 0.2) is 0 Å². The lowest BCUT2D eigenvalue weighted by atomic mass is 10.0. The van der Waals surface area contributed by atoms with E-state index in [1.165, 1.54) is 0 Å². The zero-order valence-electron chi connectivity index (χ0n) is 17.0. The number of aryl methyl sites for hydroxylation is 1. The summed E-state index contributed by atoms with van der Waals surface area (Å²) in [7, 11) is 0. The van der Waals surface area contributed by atoms with Gasteiger partial charge in [0.1, 0.15) is 0 Å². The van der Waals surface area contributed by atoms with Gasteiger partial charge in [0.2, 0.25) is 5.91 Å². The van der Waals surface area contributed by atoms with Crippen LogP contribution in [0.3, 0.4) is 0 Å². The molecule has 0 atom stereocenters. The third-order valence-corrected chi connectivity index (χ3v) is 4.82. The number of nitrogens with zero attached hydrogens (tertiary/aromatic N) is 1. The first kappa shape index (κ1) is 23.4. The van der Waals surface area contributed by atoms with Gasteiger partial charge in [-0.05, 0) is 69.0 Å². The Labute approximate surface area is 169 Å². The van der Waals surface area contributed by atoms with Crippen LogP contribution < -0.4 is 10.6 Å². The molecule has 2 N–H and O–H groups in total. The Kier molecular flexibility index (Phi) is 9.81. The molecule has 0 bridgehead atoms. The van der Waals surface area contributed by atoms with Crippen molar-refractivity contribution in [2.45, 2.75) is 59.4 Å². The summed E-state index contributed by atoms with van der Waals surface area (Å²) < 4.78 is 0. The molecule has 1 aromatic carbocycles. The van der Waals surface area contributed by atoms with E-state index in [9.17, 15) is 9.59 Å². The number of amides is 2. The monoisotopic (exact) mass is 395 g/mol. The molecule has 1 saturated heterocycles. The van der Waals surface area contributed by atoms with E-state index in [0.29, 0.717) is 23.9 Å². The van der Waals surface area contributed by atoms with Crippen molar-refractivity contribution in [3.8, 4) is 0 Å². The molecule has 1 heterocycles. The van der Waals surface area contributed by atoms with Crippen molar-refractivity contribution in [1.82, 2.24) is 10.2 Å². The molecule has 0 unspecified atom stereocenters. The fourth-order valence-electron chi connectivity index (χ4n) is 3.48. The average molecular weight is 396 g/mol. The number of carbonyl (C=O) groups is 2. The van der Waals surface area contributed by atoms with E-state index in [0.717, 1.165) is 50.1 Å². The Hall–Kier alpha value is -1.59. The number of rotatable bonds is 7. The zero-order chi connectivity index (χ0) is 19.1. The van der Waals surface area contributed by atoms with Crippen molar-refractivity contribution in [1.29, 1.82) is 0 Å². The first-order valence-electron chi connectivity index (χ1n) is 9.84. The molecular formula is C21H34ClN3O2. The molecule has 0 radical (unpaired) electrons. The summed E-state index contributed by atoms with van der Waals surface area (Å²) in [5.41, 5.74) is 2.42. The lowest BCUT2D eigenvalue weighted by Crippen LogP contribution is -2.46. The SMILES string of the molecule is CCCN(C(=O)c1ccc(NC(=O)CC(C)C)c(C)c1)C1CCNCC1.Cl. The molecule has 152 valence electrons. The van der Waals surface area contributed by atoms with Crippen LogP contribution in [0.1, 0.15) is 62.4 Å². The molecular weight excluding hydrogens is 362 g/mol. The molecule has 5 nitrogen and oxygen atoms in total. The Bertz CT molecular complexity index is 628. The van der Waals surface area contributed by atoms with Crippen LogP contribution in [-0.2, 0) is 4.79 Å². The van der Waals surface area contributed by atoms with E-state index in [1.807, 2.05) is 43.9 Å². The van der Waals surface area contributed by atoms with Crippen molar-refractivity contribution in [3.05, 3.63) is 29.3 Å². The summed E-state index contributed by atoms with van der Waals surface area (Å²) in [6.45, 7) is 10.8. The Morgan fingerprint density at radius 2 is 1.93 bits per heavy atom. The van der Waals surface area contributed by atoms with Gasteiger partial charge in [0.25, 0.3) is 5.91 Å². The van der Waals surface area contributed by atoms with Gasteiger partial charge in [0.05, 0.1) is 0 Å². The molecule has 1 aromatic rings. The Balaban J connectivity index is 0.00000364. The molecule has 1 fully saturated rings. The minimum absolute atomic E-state index is 0. The minimum atomic E-state index is 0. The number of halogens is 1.